The van der Waals surface area contributed by atoms with Crippen molar-refractivity contribution >= 4 is 36.5 Å². The zero-order valence-electron chi connectivity index (χ0n) is 12.1. The number of hydrogen-bond donors (Lipinski definition) is 2. The van der Waals surface area contributed by atoms with E-state index in [9.17, 15) is 4.79 Å². The minimum Gasteiger partial charge on any atom is -0.356 e. The SMILES string of the molecule is Cl.Cl.NCCCCNC(=O)c1cccnc1N1CCCC1. The average Bonchev–Trinajstić information content (AvgIpc) is 2.97. The van der Waals surface area contributed by atoms with E-state index in [0.717, 1.165) is 31.7 Å². The van der Waals surface area contributed by atoms with E-state index < -0.39 is 0 Å². The van der Waals surface area contributed by atoms with Crippen molar-refractivity contribution in [2.75, 3.05) is 31.1 Å². The highest BCUT2D eigenvalue weighted by Gasteiger charge is 2.20. The number of carbonyl (C=O) groups excluding carboxylic acids is 1. The molecule has 0 aromatic carbocycles. The quantitative estimate of drug-likeness (QED) is 0.780. The second-order valence-corrected chi connectivity index (χ2v) is 4.82. The number of anilines is 1. The van der Waals surface area contributed by atoms with Gasteiger partial charge in [-0.2, -0.15) is 0 Å². The predicted molar refractivity (Wildman–Crippen MR) is 90.8 cm³/mol. The molecule has 120 valence electrons. The summed E-state index contributed by atoms with van der Waals surface area (Å²) in [6, 6.07) is 3.66. The summed E-state index contributed by atoms with van der Waals surface area (Å²) in [5.74, 6) is 0.781. The summed E-state index contributed by atoms with van der Waals surface area (Å²) in [5, 5.41) is 2.94. The van der Waals surface area contributed by atoms with Gasteiger partial charge in [-0.3, -0.25) is 4.79 Å². The fourth-order valence-electron chi connectivity index (χ4n) is 2.32. The lowest BCUT2D eigenvalue weighted by Crippen LogP contribution is -2.29. The van der Waals surface area contributed by atoms with Crippen LogP contribution in [0.3, 0.4) is 0 Å². The Morgan fingerprint density at radius 1 is 1.29 bits per heavy atom. The molecule has 1 fully saturated rings. The van der Waals surface area contributed by atoms with Crippen molar-refractivity contribution in [1.29, 1.82) is 0 Å². The third-order valence-corrected chi connectivity index (χ3v) is 3.35. The van der Waals surface area contributed by atoms with Gasteiger partial charge in [0.25, 0.3) is 5.91 Å². The number of amides is 1. The van der Waals surface area contributed by atoms with E-state index in [4.69, 9.17) is 5.73 Å². The summed E-state index contributed by atoms with van der Waals surface area (Å²) >= 11 is 0. The van der Waals surface area contributed by atoms with Crippen LogP contribution in [0.5, 0.6) is 0 Å². The number of hydrogen-bond acceptors (Lipinski definition) is 4. The van der Waals surface area contributed by atoms with Crippen LogP contribution in [0.25, 0.3) is 0 Å². The van der Waals surface area contributed by atoms with Gasteiger partial charge in [0, 0.05) is 25.8 Å². The Kier molecular flexibility index (Phi) is 10.1. The third kappa shape index (κ3) is 5.69. The van der Waals surface area contributed by atoms with Crippen molar-refractivity contribution in [3.05, 3.63) is 23.9 Å². The van der Waals surface area contributed by atoms with Crippen molar-refractivity contribution in [3.63, 3.8) is 0 Å². The van der Waals surface area contributed by atoms with E-state index in [1.165, 1.54) is 12.8 Å². The molecule has 7 heteroatoms. The first kappa shape index (κ1) is 20.0. The molecule has 0 aliphatic carbocycles. The lowest BCUT2D eigenvalue weighted by atomic mass is 10.2. The molecule has 1 aromatic heterocycles. The first-order valence-electron chi connectivity index (χ1n) is 7.01. The summed E-state index contributed by atoms with van der Waals surface area (Å²) in [6.07, 6.45) is 5.95. The van der Waals surface area contributed by atoms with Crippen molar-refractivity contribution in [1.82, 2.24) is 10.3 Å². The largest absolute Gasteiger partial charge is 0.356 e. The molecule has 0 atom stereocenters. The molecular weight excluding hydrogens is 311 g/mol. The zero-order valence-corrected chi connectivity index (χ0v) is 13.7. The van der Waals surface area contributed by atoms with Gasteiger partial charge in [0.2, 0.25) is 0 Å². The molecule has 1 aliphatic rings. The number of halogens is 2. The summed E-state index contributed by atoms with van der Waals surface area (Å²) in [4.78, 5) is 18.7. The predicted octanol–water partition coefficient (Wildman–Crippen LogP) is 1.99. The molecule has 1 aromatic rings. The van der Waals surface area contributed by atoms with Gasteiger partial charge in [-0.05, 0) is 44.4 Å². The molecule has 0 spiro atoms. The first-order chi connectivity index (χ1) is 9.33. The number of unbranched alkanes of at least 4 members (excludes halogenated alkanes) is 1. The number of rotatable bonds is 6. The Labute approximate surface area is 138 Å². The Morgan fingerprint density at radius 3 is 2.67 bits per heavy atom. The van der Waals surface area contributed by atoms with E-state index in [1.807, 2.05) is 12.1 Å². The van der Waals surface area contributed by atoms with Gasteiger partial charge in [0.1, 0.15) is 5.82 Å². The number of carbonyl (C=O) groups is 1. The molecule has 0 unspecified atom stereocenters. The fourth-order valence-corrected chi connectivity index (χ4v) is 2.32. The molecule has 2 rings (SSSR count). The molecule has 2 heterocycles. The normalized spacial score (nSPS) is 13.3. The summed E-state index contributed by atoms with van der Waals surface area (Å²) in [5.41, 5.74) is 6.11. The lowest BCUT2D eigenvalue weighted by Gasteiger charge is -2.19. The van der Waals surface area contributed by atoms with E-state index >= 15 is 0 Å². The van der Waals surface area contributed by atoms with Gasteiger partial charge in [-0.25, -0.2) is 4.98 Å². The third-order valence-electron chi connectivity index (χ3n) is 3.35. The zero-order chi connectivity index (χ0) is 13.5. The Morgan fingerprint density at radius 2 is 2.00 bits per heavy atom. The first-order valence-corrected chi connectivity index (χ1v) is 7.01. The van der Waals surface area contributed by atoms with E-state index in [0.29, 0.717) is 18.7 Å². The molecule has 5 nitrogen and oxygen atoms in total. The molecule has 1 amide bonds. The van der Waals surface area contributed by atoms with Gasteiger partial charge in [0.15, 0.2) is 0 Å². The molecule has 1 saturated heterocycles. The van der Waals surface area contributed by atoms with Crippen LogP contribution in [-0.4, -0.2) is 37.1 Å². The average molecular weight is 335 g/mol. The Hall–Kier alpha value is -1.04. The topological polar surface area (TPSA) is 71.2 Å². The van der Waals surface area contributed by atoms with E-state index in [2.05, 4.69) is 15.2 Å². The summed E-state index contributed by atoms with van der Waals surface area (Å²) < 4.78 is 0. The highest BCUT2D eigenvalue weighted by molar-refractivity contribution is 5.98. The number of aromatic nitrogens is 1. The van der Waals surface area contributed by atoms with Crippen LogP contribution in [-0.2, 0) is 0 Å². The van der Waals surface area contributed by atoms with Crippen molar-refractivity contribution in [2.45, 2.75) is 25.7 Å². The lowest BCUT2D eigenvalue weighted by molar-refractivity contribution is 0.0953. The molecule has 0 radical (unpaired) electrons. The molecule has 3 N–H and O–H groups in total. The number of nitrogens with two attached hydrogens (primary N) is 1. The smallest absolute Gasteiger partial charge is 0.255 e. The standard InChI is InChI=1S/C14H22N4O.2ClH/c15-7-1-2-8-17-14(19)12-6-5-9-16-13(12)18-10-3-4-11-18;;/h5-6,9H,1-4,7-8,10-11,15H2,(H,17,19);2*1H. The fraction of sp³-hybridized carbons (Fsp3) is 0.571. The molecular formula is C14H24Cl2N4O. The Bertz CT molecular complexity index is 425. The number of nitrogens with one attached hydrogen (secondary N) is 1. The van der Waals surface area contributed by atoms with Gasteiger partial charge in [-0.15, -0.1) is 24.8 Å². The van der Waals surface area contributed by atoms with Crippen LogP contribution in [0.2, 0.25) is 0 Å². The van der Waals surface area contributed by atoms with Gasteiger partial charge in [0.05, 0.1) is 5.56 Å². The van der Waals surface area contributed by atoms with Crippen molar-refractivity contribution < 1.29 is 4.79 Å². The maximum Gasteiger partial charge on any atom is 0.255 e. The minimum absolute atomic E-state index is 0. The van der Waals surface area contributed by atoms with Crippen LogP contribution < -0.4 is 16.0 Å². The summed E-state index contributed by atoms with van der Waals surface area (Å²) in [7, 11) is 0. The molecule has 1 aliphatic heterocycles. The highest BCUT2D eigenvalue weighted by atomic mass is 35.5. The van der Waals surface area contributed by atoms with Crippen molar-refractivity contribution in [2.24, 2.45) is 5.73 Å². The highest BCUT2D eigenvalue weighted by Crippen LogP contribution is 2.21. The molecule has 0 saturated carbocycles. The number of pyridine rings is 1. The van der Waals surface area contributed by atoms with Gasteiger partial charge < -0.3 is 16.0 Å². The van der Waals surface area contributed by atoms with Crippen LogP contribution in [0.4, 0.5) is 5.82 Å². The van der Waals surface area contributed by atoms with Crippen molar-refractivity contribution in [3.8, 4) is 0 Å². The van der Waals surface area contributed by atoms with Crippen LogP contribution in [0.1, 0.15) is 36.0 Å². The summed E-state index contributed by atoms with van der Waals surface area (Å²) in [6.45, 7) is 3.32. The second kappa shape index (κ2) is 10.7. The maximum atomic E-state index is 12.2. The molecule has 0 bridgehead atoms. The monoisotopic (exact) mass is 334 g/mol. The van der Waals surface area contributed by atoms with E-state index in [1.54, 1.807) is 6.20 Å². The van der Waals surface area contributed by atoms with Crippen LogP contribution in [0, 0.1) is 0 Å². The number of nitrogens with zero attached hydrogens (tertiary/aromatic N) is 2. The Balaban J connectivity index is 0.00000200. The molecule has 21 heavy (non-hydrogen) atoms. The second-order valence-electron chi connectivity index (χ2n) is 4.82. The maximum absolute atomic E-state index is 12.2. The van der Waals surface area contributed by atoms with Crippen LogP contribution >= 0.6 is 24.8 Å². The van der Waals surface area contributed by atoms with Gasteiger partial charge >= 0.3 is 0 Å². The van der Waals surface area contributed by atoms with E-state index in [-0.39, 0.29) is 30.7 Å². The van der Waals surface area contributed by atoms with Crippen LogP contribution in [0.15, 0.2) is 18.3 Å². The van der Waals surface area contributed by atoms with Gasteiger partial charge in [-0.1, -0.05) is 0 Å². The minimum atomic E-state index is -0.0352.